The largest absolute Gasteiger partial charge is 0.366 e. The van der Waals surface area contributed by atoms with E-state index in [2.05, 4.69) is 80.7 Å². The number of carbonyl (C=O) groups is 2. The molecule has 57 heavy (non-hydrogen) atoms. The molecule has 0 bridgehead atoms. The third-order valence-electron chi connectivity index (χ3n) is 12.6. The number of rotatable bonds is 6. The molecular weight excluding hydrogens is 748 g/mol. The van der Waals surface area contributed by atoms with Crippen molar-refractivity contribution in [1.29, 1.82) is 0 Å². The van der Waals surface area contributed by atoms with E-state index in [1.54, 1.807) is 6.07 Å². The summed E-state index contributed by atoms with van der Waals surface area (Å²) < 4.78 is 32.5. The number of nitrogens with one attached hydrogen (secondary N) is 1. The topological polar surface area (TPSA) is 104 Å². The van der Waals surface area contributed by atoms with Crippen molar-refractivity contribution in [2.75, 3.05) is 42.5 Å². The van der Waals surface area contributed by atoms with E-state index in [0.29, 0.717) is 29.1 Å². The van der Waals surface area contributed by atoms with Crippen molar-refractivity contribution < 1.29 is 18.4 Å². The molecule has 2 atom stereocenters. The van der Waals surface area contributed by atoms with Crippen molar-refractivity contribution in [2.45, 2.75) is 76.3 Å². The first kappa shape index (κ1) is 37.4. The Kier molecular flexibility index (Phi) is 9.39. The van der Waals surface area contributed by atoms with Crippen LogP contribution in [0.15, 0.2) is 71.7 Å². The zero-order valence-corrected chi connectivity index (χ0v) is 33.0. The Labute approximate surface area is 334 Å². The van der Waals surface area contributed by atoms with E-state index in [1.807, 2.05) is 18.3 Å². The van der Waals surface area contributed by atoms with E-state index in [-0.39, 0.29) is 35.9 Å². The second kappa shape index (κ2) is 14.3. The summed E-state index contributed by atoms with van der Waals surface area (Å²) in [6.45, 7) is 11.3. The standard InChI is InChI=1S/C44H44ClF2N7O3/c1-25-23-51(17-18-53(25)29-8-10-31-36(21-29)54-35-6-4-5-32(45)40(35)42(57)50-43(54)44(31,2)3)24-26-7-11-37(48-22-26)52-15-13-27(14-16-52)28-19-33(46)39(34(47)20-28)30-9-12-38(55)49-41(30)56/h4-8,10-11,19-22,25,27,30H,9,12-18,23-24H2,1-3H3,(H,49,55,56)/t25-,30?/m1/s1. The van der Waals surface area contributed by atoms with Gasteiger partial charge in [-0.1, -0.05) is 29.8 Å². The molecule has 6 heterocycles. The summed E-state index contributed by atoms with van der Waals surface area (Å²) in [7, 11) is 0. The first-order chi connectivity index (χ1) is 27.4. The van der Waals surface area contributed by atoms with Gasteiger partial charge in [0.1, 0.15) is 23.3 Å². The fourth-order valence-corrected chi connectivity index (χ4v) is 9.77. The fraction of sp³-hybridized carbons (Fsp3) is 0.386. The third kappa shape index (κ3) is 6.56. The normalized spacial score (nSPS) is 21.2. The second-order valence-corrected chi connectivity index (χ2v) is 16.9. The summed E-state index contributed by atoms with van der Waals surface area (Å²) in [6.07, 6.45) is 3.55. The maximum absolute atomic E-state index is 15.2. The molecule has 0 spiro atoms. The average Bonchev–Trinajstić information content (AvgIpc) is 3.41. The number of hydrogen-bond donors (Lipinski definition) is 1. The molecule has 1 N–H and O–H groups in total. The van der Waals surface area contributed by atoms with E-state index < -0.39 is 34.8 Å². The molecule has 4 aliphatic heterocycles. The van der Waals surface area contributed by atoms with Gasteiger partial charge in [0.2, 0.25) is 11.8 Å². The molecule has 9 rings (SSSR count). The molecule has 1 unspecified atom stereocenters. The molecule has 294 valence electrons. The zero-order chi connectivity index (χ0) is 39.7. The fourth-order valence-electron chi connectivity index (χ4n) is 9.52. The van der Waals surface area contributed by atoms with Crippen molar-refractivity contribution in [3.8, 4) is 5.69 Å². The first-order valence-electron chi connectivity index (χ1n) is 19.8. The van der Waals surface area contributed by atoms with Gasteiger partial charge in [-0.25, -0.2) is 13.8 Å². The predicted molar refractivity (Wildman–Crippen MR) is 216 cm³/mol. The number of benzene rings is 3. The molecule has 3 saturated heterocycles. The number of halogens is 3. The van der Waals surface area contributed by atoms with Crippen LogP contribution in [0.4, 0.5) is 20.3 Å². The molecule has 13 heteroatoms. The molecule has 0 radical (unpaired) electrons. The lowest BCUT2D eigenvalue weighted by molar-refractivity contribution is -0.134. The van der Waals surface area contributed by atoms with Crippen LogP contribution < -0.4 is 20.7 Å². The number of piperidine rings is 2. The van der Waals surface area contributed by atoms with Gasteiger partial charge in [-0.05, 0) is 105 Å². The zero-order valence-electron chi connectivity index (χ0n) is 32.2. The molecule has 3 fully saturated rings. The Morgan fingerprint density at radius 1 is 0.930 bits per heavy atom. The highest BCUT2D eigenvalue weighted by molar-refractivity contribution is 6.35. The van der Waals surface area contributed by atoms with Crippen LogP contribution in [0.5, 0.6) is 0 Å². The Balaban J connectivity index is 0.825. The molecule has 3 aromatic carbocycles. The molecule has 2 aromatic heterocycles. The van der Waals surface area contributed by atoms with Gasteiger partial charge in [-0.3, -0.25) is 29.2 Å². The monoisotopic (exact) mass is 791 g/mol. The average molecular weight is 792 g/mol. The smallest absolute Gasteiger partial charge is 0.282 e. The third-order valence-corrected chi connectivity index (χ3v) is 12.9. The lowest BCUT2D eigenvalue weighted by atomic mass is 9.85. The van der Waals surface area contributed by atoms with Gasteiger partial charge in [-0.15, -0.1) is 0 Å². The molecule has 4 aliphatic rings. The van der Waals surface area contributed by atoms with Crippen LogP contribution in [0.2, 0.25) is 5.02 Å². The highest BCUT2D eigenvalue weighted by atomic mass is 35.5. The Bertz CT molecular complexity index is 2480. The van der Waals surface area contributed by atoms with Crippen LogP contribution in [-0.2, 0) is 21.5 Å². The SMILES string of the molecule is C[C@@H]1CN(Cc2ccc(N3CCC(c4cc(F)c(C5CCC(=O)NC5=O)c(F)c4)CC3)nc2)CCN1c1ccc2c(c1)-n1c(nc(=O)c3c(Cl)cccc31)C2(C)C. The van der Waals surface area contributed by atoms with Crippen LogP contribution in [0.1, 0.15) is 86.4 Å². The van der Waals surface area contributed by atoms with Crippen molar-refractivity contribution in [1.82, 2.24) is 24.8 Å². The van der Waals surface area contributed by atoms with Crippen molar-refractivity contribution in [3.63, 3.8) is 0 Å². The number of hydrogen-bond acceptors (Lipinski definition) is 8. The van der Waals surface area contributed by atoms with Gasteiger partial charge in [0.25, 0.3) is 5.56 Å². The summed E-state index contributed by atoms with van der Waals surface area (Å²) in [5, 5.41) is 3.04. The van der Waals surface area contributed by atoms with Gasteiger partial charge in [0, 0.05) is 69.2 Å². The van der Waals surface area contributed by atoms with Crippen molar-refractivity contribution >= 4 is 45.8 Å². The minimum atomic E-state index is -1.00. The minimum absolute atomic E-state index is 0.0118. The second-order valence-electron chi connectivity index (χ2n) is 16.5. The molecular formula is C44H44ClF2N7O3. The number of anilines is 2. The van der Waals surface area contributed by atoms with Crippen molar-refractivity contribution in [2.24, 2.45) is 0 Å². The van der Waals surface area contributed by atoms with Crippen LogP contribution >= 0.6 is 11.6 Å². The van der Waals surface area contributed by atoms with Crippen LogP contribution in [0, 0.1) is 11.6 Å². The van der Waals surface area contributed by atoms with Gasteiger partial charge < -0.3 is 9.80 Å². The Hall–Kier alpha value is -5.20. The predicted octanol–water partition coefficient (Wildman–Crippen LogP) is 6.97. The number of pyridine rings is 1. The lowest BCUT2D eigenvalue weighted by Crippen LogP contribution is -2.51. The van der Waals surface area contributed by atoms with Crippen LogP contribution in [-0.4, -0.2) is 70.0 Å². The number of imide groups is 1. The summed E-state index contributed by atoms with van der Waals surface area (Å²) in [6, 6.07) is 19.3. The van der Waals surface area contributed by atoms with Gasteiger partial charge in [0.05, 0.1) is 32.9 Å². The van der Waals surface area contributed by atoms with Crippen molar-refractivity contribution in [3.05, 3.63) is 122 Å². The molecule has 5 aromatic rings. The van der Waals surface area contributed by atoms with Crippen LogP contribution in [0.3, 0.4) is 0 Å². The van der Waals surface area contributed by atoms with E-state index in [0.717, 1.165) is 78.7 Å². The van der Waals surface area contributed by atoms with E-state index in [1.165, 1.54) is 12.1 Å². The Morgan fingerprint density at radius 2 is 1.70 bits per heavy atom. The number of nitrogens with zero attached hydrogens (tertiary/aromatic N) is 6. The van der Waals surface area contributed by atoms with E-state index in [4.69, 9.17) is 16.6 Å². The summed E-state index contributed by atoms with van der Waals surface area (Å²) in [5.41, 5.74) is 4.80. The number of amides is 2. The van der Waals surface area contributed by atoms with Gasteiger partial charge in [-0.2, -0.15) is 4.98 Å². The van der Waals surface area contributed by atoms with E-state index in [9.17, 15) is 14.4 Å². The number of fused-ring (bicyclic) bond motifs is 5. The number of piperazine rings is 1. The molecule has 10 nitrogen and oxygen atoms in total. The highest BCUT2D eigenvalue weighted by Crippen LogP contribution is 2.45. The molecule has 0 saturated carbocycles. The quantitative estimate of drug-likeness (QED) is 0.184. The molecule has 2 amide bonds. The van der Waals surface area contributed by atoms with Gasteiger partial charge in [0.15, 0.2) is 0 Å². The maximum atomic E-state index is 15.2. The lowest BCUT2D eigenvalue weighted by Gasteiger charge is -2.41. The van der Waals surface area contributed by atoms with Gasteiger partial charge >= 0.3 is 0 Å². The van der Waals surface area contributed by atoms with E-state index >= 15 is 8.78 Å². The highest BCUT2D eigenvalue weighted by Gasteiger charge is 2.40. The minimum Gasteiger partial charge on any atom is -0.366 e. The van der Waals surface area contributed by atoms with Crippen LogP contribution in [0.25, 0.3) is 16.6 Å². The summed E-state index contributed by atoms with van der Waals surface area (Å²) >= 11 is 6.50. The number of aromatic nitrogens is 3. The first-order valence-corrected chi connectivity index (χ1v) is 20.1. The summed E-state index contributed by atoms with van der Waals surface area (Å²) in [4.78, 5) is 53.4. The molecule has 0 aliphatic carbocycles. The maximum Gasteiger partial charge on any atom is 0.282 e. The number of carbonyl (C=O) groups excluding carboxylic acids is 2. The Morgan fingerprint density at radius 3 is 2.40 bits per heavy atom. The summed E-state index contributed by atoms with van der Waals surface area (Å²) in [5.74, 6) is -1.93.